The highest BCUT2D eigenvalue weighted by Crippen LogP contribution is 2.30. The highest BCUT2D eigenvalue weighted by Gasteiger charge is 2.30. The zero-order valence-electron chi connectivity index (χ0n) is 8.60. The number of rotatable bonds is 4. The molecule has 1 rings (SSSR count). The van der Waals surface area contributed by atoms with Crippen LogP contribution in [0.2, 0.25) is 0 Å². The van der Waals surface area contributed by atoms with Crippen LogP contribution in [0.25, 0.3) is 0 Å². The van der Waals surface area contributed by atoms with Crippen molar-refractivity contribution in [2.24, 2.45) is 0 Å². The zero-order valence-corrected chi connectivity index (χ0v) is 8.60. The summed E-state index contributed by atoms with van der Waals surface area (Å²) in [4.78, 5) is 0. The van der Waals surface area contributed by atoms with E-state index in [0.717, 1.165) is 6.54 Å². The Balaban J connectivity index is 2.44. The van der Waals surface area contributed by atoms with E-state index in [4.69, 9.17) is 5.32 Å². The van der Waals surface area contributed by atoms with Gasteiger partial charge < -0.3 is 0 Å². The van der Waals surface area contributed by atoms with Gasteiger partial charge in [0.25, 0.3) is 0 Å². The molecule has 1 nitrogen and oxygen atoms in total. The molecular weight excluding hydrogens is 146 g/mol. The van der Waals surface area contributed by atoms with Crippen molar-refractivity contribution < 1.29 is 0 Å². The smallest absolute Gasteiger partial charge is 0.0356 e. The van der Waals surface area contributed by atoms with E-state index < -0.39 is 0 Å². The van der Waals surface area contributed by atoms with E-state index in [9.17, 15) is 0 Å². The SMILES string of the molecule is CCCC1(CCC)CCCC[N]1. The van der Waals surface area contributed by atoms with Crippen molar-refractivity contribution in [3.63, 3.8) is 0 Å². The molecule has 71 valence electrons. The van der Waals surface area contributed by atoms with E-state index in [1.54, 1.807) is 0 Å². The lowest BCUT2D eigenvalue weighted by Gasteiger charge is -2.36. The average Bonchev–Trinajstić information content (AvgIpc) is 2.07. The van der Waals surface area contributed by atoms with Crippen molar-refractivity contribution in [1.82, 2.24) is 5.32 Å². The van der Waals surface area contributed by atoms with Gasteiger partial charge in [-0.2, -0.15) is 0 Å². The summed E-state index contributed by atoms with van der Waals surface area (Å²) in [5.74, 6) is 0. The monoisotopic (exact) mass is 168 g/mol. The van der Waals surface area contributed by atoms with Crippen molar-refractivity contribution in [1.29, 1.82) is 0 Å². The second-order valence-electron chi connectivity index (χ2n) is 4.06. The third-order valence-corrected chi connectivity index (χ3v) is 2.93. The van der Waals surface area contributed by atoms with Gasteiger partial charge >= 0.3 is 0 Å². The number of piperidine rings is 1. The minimum atomic E-state index is 0.405. The average molecular weight is 168 g/mol. The highest BCUT2D eigenvalue weighted by molar-refractivity contribution is 4.89. The first-order valence-electron chi connectivity index (χ1n) is 5.51. The molecule has 0 aliphatic carbocycles. The second kappa shape index (κ2) is 4.86. The second-order valence-corrected chi connectivity index (χ2v) is 4.06. The summed E-state index contributed by atoms with van der Waals surface area (Å²) in [6.07, 6.45) is 9.32. The number of hydrogen-bond donors (Lipinski definition) is 0. The fourth-order valence-corrected chi connectivity index (χ4v) is 2.42. The van der Waals surface area contributed by atoms with Crippen LogP contribution >= 0.6 is 0 Å². The van der Waals surface area contributed by atoms with Crippen LogP contribution in [0.1, 0.15) is 58.8 Å². The van der Waals surface area contributed by atoms with Crippen molar-refractivity contribution in [3.8, 4) is 0 Å². The summed E-state index contributed by atoms with van der Waals surface area (Å²) in [6.45, 7) is 5.68. The summed E-state index contributed by atoms with van der Waals surface area (Å²) in [5.41, 5.74) is 0.405. The lowest BCUT2D eigenvalue weighted by atomic mass is 9.81. The molecule has 1 heterocycles. The normalized spacial score (nSPS) is 22.5. The molecule has 0 aromatic heterocycles. The molecule has 0 aromatic carbocycles. The van der Waals surface area contributed by atoms with Crippen molar-refractivity contribution >= 4 is 0 Å². The van der Waals surface area contributed by atoms with Gasteiger partial charge in [0, 0.05) is 12.1 Å². The van der Waals surface area contributed by atoms with Crippen LogP contribution in [0.3, 0.4) is 0 Å². The van der Waals surface area contributed by atoms with Gasteiger partial charge in [0.2, 0.25) is 0 Å². The maximum Gasteiger partial charge on any atom is 0.0356 e. The van der Waals surface area contributed by atoms with Crippen molar-refractivity contribution in [3.05, 3.63) is 0 Å². The molecule has 1 fully saturated rings. The molecular formula is C11H22N. The van der Waals surface area contributed by atoms with Gasteiger partial charge in [-0.1, -0.05) is 33.1 Å². The first kappa shape index (κ1) is 10.0. The third-order valence-electron chi connectivity index (χ3n) is 2.93. The Morgan fingerprint density at radius 3 is 2.17 bits per heavy atom. The highest BCUT2D eigenvalue weighted by atomic mass is 15.0. The fourth-order valence-electron chi connectivity index (χ4n) is 2.42. The third kappa shape index (κ3) is 2.48. The first-order chi connectivity index (χ1) is 5.83. The molecule has 0 atom stereocenters. The molecule has 1 aliphatic rings. The van der Waals surface area contributed by atoms with Gasteiger partial charge in [0.15, 0.2) is 0 Å². The molecule has 1 aliphatic heterocycles. The summed E-state index contributed by atoms with van der Waals surface area (Å²) >= 11 is 0. The molecule has 0 saturated carbocycles. The van der Waals surface area contributed by atoms with E-state index in [0.29, 0.717) is 5.54 Å². The molecule has 0 unspecified atom stereocenters. The molecule has 1 saturated heterocycles. The Labute approximate surface area is 76.9 Å². The Bertz CT molecular complexity index is 98.7. The Hall–Kier alpha value is -0.0400. The van der Waals surface area contributed by atoms with E-state index in [1.807, 2.05) is 0 Å². The topological polar surface area (TPSA) is 14.1 Å². The van der Waals surface area contributed by atoms with Gasteiger partial charge in [-0.15, -0.1) is 0 Å². The predicted molar refractivity (Wildman–Crippen MR) is 53.4 cm³/mol. The molecule has 1 radical (unpaired) electrons. The molecule has 0 bridgehead atoms. The van der Waals surface area contributed by atoms with Gasteiger partial charge in [-0.3, -0.25) is 0 Å². The van der Waals surface area contributed by atoms with Crippen LogP contribution < -0.4 is 5.32 Å². The molecule has 0 N–H and O–H groups in total. The van der Waals surface area contributed by atoms with E-state index in [-0.39, 0.29) is 0 Å². The van der Waals surface area contributed by atoms with E-state index in [1.165, 1.54) is 44.9 Å². The molecule has 1 heteroatoms. The van der Waals surface area contributed by atoms with Gasteiger partial charge in [-0.05, 0) is 25.7 Å². The molecule has 0 aromatic rings. The maximum atomic E-state index is 4.84. The van der Waals surface area contributed by atoms with Crippen LogP contribution in [-0.4, -0.2) is 12.1 Å². The minimum Gasteiger partial charge on any atom is -0.235 e. The summed E-state index contributed by atoms with van der Waals surface area (Å²) in [5, 5.41) is 4.84. The van der Waals surface area contributed by atoms with Crippen LogP contribution in [0.5, 0.6) is 0 Å². The maximum absolute atomic E-state index is 4.84. The van der Waals surface area contributed by atoms with Crippen LogP contribution in [0.4, 0.5) is 0 Å². The van der Waals surface area contributed by atoms with Gasteiger partial charge in [0.1, 0.15) is 0 Å². The Morgan fingerprint density at radius 2 is 1.75 bits per heavy atom. The predicted octanol–water partition coefficient (Wildman–Crippen LogP) is 3.11. The fraction of sp³-hybridized carbons (Fsp3) is 1.00. The molecule has 12 heavy (non-hydrogen) atoms. The zero-order chi connectivity index (χ0) is 8.86. The standard InChI is InChI=1S/C11H22N/c1-3-7-11(8-4-2)9-5-6-10-12-11/h3-10H2,1-2H3. The lowest BCUT2D eigenvalue weighted by Crippen LogP contribution is -2.43. The number of nitrogens with zero attached hydrogens (tertiary/aromatic N) is 1. The summed E-state index contributed by atoms with van der Waals surface area (Å²) < 4.78 is 0. The molecule has 0 spiro atoms. The van der Waals surface area contributed by atoms with Crippen LogP contribution in [-0.2, 0) is 0 Å². The number of hydrogen-bond acceptors (Lipinski definition) is 0. The van der Waals surface area contributed by atoms with Gasteiger partial charge in [-0.25, -0.2) is 5.32 Å². The quantitative estimate of drug-likeness (QED) is 0.612. The lowest BCUT2D eigenvalue weighted by molar-refractivity contribution is 0.211. The van der Waals surface area contributed by atoms with Crippen molar-refractivity contribution in [2.75, 3.05) is 6.54 Å². The summed E-state index contributed by atoms with van der Waals surface area (Å²) in [6, 6.07) is 0. The first-order valence-corrected chi connectivity index (χ1v) is 5.51. The van der Waals surface area contributed by atoms with Crippen LogP contribution in [0.15, 0.2) is 0 Å². The van der Waals surface area contributed by atoms with E-state index >= 15 is 0 Å². The van der Waals surface area contributed by atoms with Crippen molar-refractivity contribution in [2.45, 2.75) is 64.3 Å². The van der Waals surface area contributed by atoms with Crippen LogP contribution in [0, 0.1) is 0 Å². The Morgan fingerprint density at radius 1 is 1.08 bits per heavy atom. The van der Waals surface area contributed by atoms with E-state index in [2.05, 4.69) is 13.8 Å². The Kier molecular flexibility index (Phi) is 4.07. The summed E-state index contributed by atoms with van der Waals surface area (Å²) in [7, 11) is 0. The largest absolute Gasteiger partial charge is 0.235 e. The minimum absolute atomic E-state index is 0.405. The van der Waals surface area contributed by atoms with Gasteiger partial charge in [0.05, 0.1) is 0 Å². The molecule has 0 amide bonds.